The molecule has 0 fully saturated rings. The smallest absolute Gasteiger partial charge is 0.132 e. The second-order valence-electron chi connectivity index (χ2n) is 8.86. The molecule has 4 heteroatoms. The van der Waals surface area contributed by atoms with E-state index in [2.05, 4.69) is 0 Å². The van der Waals surface area contributed by atoms with Crippen molar-refractivity contribution in [3.63, 3.8) is 0 Å². The van der Waals surface area contributed by atoms with Crippen molar-refractivity contribution in [3.05, 3.63) is 109 Å². The van der Waals surface area contributed by atoms with E-state index in [9.17, 15) is 19.2 Å². The van der Waals surface area contributed by atoms with E-state index in [0.29, 0.717) is 37.2 Å². The van der Waals surface area contributed by atoms with Gasteiger partial charge in [-0.15, -0.1) is 0 Å². The molecule has 0 aromatic heterocycles. The molecule has 3 aromatic carbocycles. The van der Waals surface area contributed by atoms with E-state index in [0.717, 1.165) is 25.7 Å². The Balaban J connectivity index is -0.0000000404. The van der Waals surface area contributed by atoms with E-state index in [-0.39, 0.29) is 41.3 Å². The van der Waals surface area contributed by atoms with Crippen LogP contribution >= 0.6 is 0 Å². The lowest BCUT2D eigenvalue weighted by molar-refractivity contribution is -0.119. The zero-order valence-corrected chi connectivity index (χ0v) is 33.7. The van der Waals surface area contributed by atoms with Crippen LogP contribution in [0.15, 0.2) is 109 Å². The number of Topliss-reactive ketones (excluding diaryl/α,β-unsaturated/α-hetero) is 4. The minimum absolute atomic E-state index is 0. The fourth-order valence-electron chi connectivity index (χ4n) is 2.36. The largest absolute Gasteiger partial charge is 0.300 e. The first-order valence-electron chi connectivity index (χ1n) is 18.2. The highest BCUT2D eigenvalue weighted by Gasteiger charge is 1.87. The summed E-state index contributed by atoms with van der Waals surface area (Å²) in [5, 5.41) is 0. The standard InChI is InChI=1S/3C6H6.4C5H10O.3C2H6.4CH4/c3*1-2-4-6-5-3-1;2*1-3-4-5(2)6;2*1-3-5(6)4-2;3*1-2;;;;/h3*1-6H;4*3-4H2,1-2H3;3*1-2H3;4*1H4. The van der Waals surface area contributed by atoms with Gasteiger partial charge < -0.3 is 9.59 Å². The van der Waals surface area contributed by atoms with Crippen LogP contribution in [0.2, 0.25) is 0 Å². The van der Waals surface area contributed by atoms with E-state index in [4.69, 9.17) is 0 Å². The Labute approximate surface area is 328 Å². The van der Waals surface area contributed by atoms with Gasteiger partial charge in [-0.3, -0.25) is 9.59 Å². The Morgan fingerprint density at radius 1 is 0.308 bits per heavy atom. The molecule has 4 nitrogen and oxygen atoms in total. The topological polar surface area (TPSA) is 68.3 Å². The highest BCUT2D eigenvalue weighted by Crippen LogP contribution is 1.86. The van der Waals surface area contributed by atoms with Gasteiger partial charge in [0.05, 0.1) is 0 Å². The van der Waals surface area contributed by atoms with Crippen LogP contribution < -0.4 is 0 Å². The highest BCUT2D eigenvalue weighted by molar-refractivity contribution is 5.78. The molecule has 0 unspecified atom stereocenters. The van der Waals surface area contributed by atoms with Crippen molar-refractivity contribution >= 4 is 23.1 Å². The Hall–Kier alpha value is -3.66. The van der Waals surface area contributed by atoms with Crippen molar-refractivity contribution in [2.45, 2.75) is 178 Å². The number of hydrogen-bond donors (Lipinski definition) is 0. The summed E-state index contributed by atoms with van der Waals surface area (Å²) in [6.07, 6.45) is 6.20. The average molecular weight is 733 g/mol. The maximum Gasteiger partial charge on any atom is 0.132 e. The van der Waals surface area contributed by atoms with E-state index >= 15 is 0 Å². The molecule has 0 aliphatic rings. The average Bonchev–Trinajstić information content (AvgIpc) is 3.17. The molecular weight excluding hydrogens is 641 g/mol. The molecule has 0 saturated carbocycles. The van der Waals surface area contributed by atoms with E-state index in [1.165, 1.54) is 0 Å². The van der Waals surface area contributed by atoms with Gasteiger partial charge in [0.15, 0.2) is 0 Å². The number of ketones is 4. The molecule has 0 spiro atoms. The number of carbonyl (C=O) groups excluding carboxylic acids is 4. The molecule has 0 amide bonds. The molecule has 0 atom stereocenters. The fraction of sp³-hybridized carbons (Fsp3) is 0.542. The lowest BCUT2D eigenvalue weighted by Crippen LogP contribution is -1.88. The van der Waals surface area contributed by atoms with Gasteiger partial charge in [-0.05, 0) is 26.7 Å². The summed E-state index contributed by atoms with van der Waals surface area (Å²) in [7, 11) is 0. The summed E-state index contributed by atoms with van der Waals surface area (Å²) in [6.45, 7) is 26.8. The third-order valence-corrected chi connectivity index (χ3v) is 4.78. The van der Waals surface area contributed by atoms with Crippen molar-refractivity contribution in [3.8, 4) is 0 Å². The van der Waals surface area contributed by atoms with Crippen LogP contribution in [-0.2, 0) is 19.2 Å². The quantitative estimate of drug-likeness (QED) is 0.231. The van der Waals surface area contributed by atoms with Crippen molar-refractivity contribution in [1.82, 2.24) is 0 Å². The predicted octanol–water partition coefficient (Wildman–Crippen LogP) is 16.2. The molecule has 0 N–H and O–H groups in total. The lowest BCUT2D eigenvalue weighted by Gasteiger charge is -1.81. The van der Waals surface area contributed by atoms with Crippen molar-refractivity contribution in [2.24, 2.45) is 0 Å². The van der Waals surface area contributed by atoms with E-state index in [1.807, 2.05) is 192 Å². The number of hydrogen-bond acceptors (Lipinski definition) is 4. The van der Waals surface area contributed by atoms with Gasteiger partial charge in [0, 0.05) is 38.5 Å². The molecular formula is C48H92O4. The van der Waals surface area contributed by atoms with Crippen LogP contribution in [0.25, 0.3) is 0 Å². The lowest BCUT2D eigenvalue weighted by atomic mass is 10.3. The molecule has 3 rings (SSSR count). The molecule has 52 heavy (non-hydrogen) atoms. The SMILES string of the molecule is C.C.C.C.CC.CC.CC.CCC(=O)CC.CCC(=O)CC.CCCC(C)=O.CCCC(C)=O.c1ccccc1.c1ccccc1.c1ccccc1. The first-order chi connectivity index (χ1) is 23.2. The van der Waals surface area contributed by atoms with Gasteiger partial charge in [0.1, 0.15) is 23.1 Å². The maximum atomic E-state index is 10.2. The minimum atomic E-state index is 0. The van der Waals surface area contributed by atoms with Crippen molar-refractivity contribution in [1.29, 1.82) is 0 Å². The number of rotatable bonds is 8. The van der Waals surface area contributed by atoms with Gasteiger partial charge >= 0.3 is 0 Å². The van der Waals surface area contributed by atoms with Crippen LogP contribution in [0.3, 0.4) is 0 Å². The normalized spacial score (nSPS) is 6.96. The summed E-state index contributed by atoms with van der Waals surface area (Å²) >= 11 is 0. The number of benzene rings is 3. The van der Waals surface area contributed by atoms with Crippen LogP contribution in [0.1, 0.15) is 178 Å². The fourth-order valence-corrected chi connectivity index (χ4v) is 2.36. The molecule has 0 aliphatic heterocycles. The van der Waals surface area contributed by atoms with Crippen LogP contribution in [0.5, 0.6) is 0 Å². The summed E-state index contributed by atoms with van der Waals surface area (Å²) in [6, 6.07) is 36.0. The Kier molecular flexibility index (Phi) is 129. The van der Waals surface area contributed by atoms with Gasteiger partial charge in [-0.2, -0.15) is 0 Å². The Morgan fingerprint density at radius 3 is 0.442 bits per heavy atom. The van der Waals surface area contributed by atoms with Gasteiger partial charge in [-0.1, -0.05) is 222 Å². The highest BCUT2D eigenvalue weighted by atomic mass is 16.1. The minimum Gasteiger partial charge on any atom is -0.300 e. The first kappa shape index (κ1) is 77.7. The zero-order chi connectivity index (χ0) is 38.7. The van der Waals surface area contributed by atoms with Crippen LogP contribution in [0.4, 0.5) is 0 Å². The first-order valence-corrected chi connectivity index (χ1v) is 18.2. The Morgan fingerprint density at radius 2 is 0.423 bits per heavy atom. The molecule has 0 bridgehead atoms. The third-order valence-electron chi connectivity index (χ3n) is 4.78. The van der Waals surface area contributed by atoms with Crippen LogP contribution in [0, 0.1) is 0 Å². The van der Waals surface area contributed by atoms with Gasteiger partial charge in [-0.25, -0.2) is 0 Å². The molecule has 0 aliphatic carbocycles. The van der Waals surface area contributed by atoms with Crippen molar-refractivity contribution < 1.29 is 19.2 Å². The molecule has 0 saturated heterocycles. The van der Waals surface area contributed by atoms with E-state index in [1.54, 1.807) is 13.8 Å². The second-order valence-corrected chi connectivity index (χ2v) is 8.86. The molecule has 0 heterocycles. The predicted molar refractivity (Wildman–Crippen MR) is 243 cm³/mol. The summed E-state index contributed by atoms with van der Waals surface area (Å²) in [5.74, 6) is 1.26. The molecule has 3 aromatic rings. The second kappa shape index (κ2) is 86.2. The van der Waals surface area contributed by atoms with Gasteiger partial charge in [0.25, 0.3) is 0 Å². The Bertz CT molecular complexity index is 725. The molecule has 0 radical (unpaired) electrons. The third kappa shape index (κ3) is 119. The summed E-state index contributed by atoms with van der Waals surface area (Å²) < 4.78 is 0. The van der Waals surface area contributed by atoms with Gasteiger partial charge in [0.2, 0.25) is 0 Å². The summed E-state index contributed by atoms with van der Waals surface area (Å²) in [5.41, 5.74) is 0. The number of carbonyl (C=O) groups is 4. The molecule has 308 valence electrons. The van der Waals surface area contributed by atoms with E-state index < -0.39 is 0 Å². The maximum absolute atomic E-state index is 10.2. The van der Waals surface area contributed by atoms with Crippen LogP contribution in [-0.4, -0.2) is 23.1 Å². The monoisotopic (exact) mass is 733 g/mol. The summed E-state index contributed by atoms with van der Waals surface area (Å²) in [4.78, 5) is 40.4. The van der Waals surface area contributed by atoms with Crippen molar-refractivity contribution in [2.75, 3.05) is 0 Å². The zero-order valence-electron chi connectivity index (χ0n) is 33.7.